The number of benzene rings is 1. The van der Waals surface area contributed by atoms with Crippen LogP contribution in [0.1, 0.15) is 61.8 Å². The molecule has 0 bridgehead atoms. The van der Waals surface area contributed by atoms with E-state index in [0.717, 1.165) is 62.1 Å². The van der Waals surface area contributed by atoms with Gasteiger partial charge >= 0.3 is 0 Å². The van der Waals surface area contributed by atoms with Gasteiger partial charge in [0, 0.05) is 31.7 Å². The molecule has 1 aromatic carbocycles. The molecule has 6 nitrogen and oxygen atoms in total. The van der Waals surface area contributed by atoms with E-state index >= 15 is 0 Å². The number of carbonyl (C=O) groups excluding carboxylic acids is 1. The number of aromatic nitrogens is 1. The molecular formula is C29H34N4O2S2. The van der Waals surface area contributed by atoms with E-state index in [1.165, 1.54) is 11.8 Å². The summed E-state index contributed by atoms with van der Waals surface area (Å²) in [6.07, 6.45) is 6.56. The van der Waals surface area contributed by atoms with Crippen molar-refractivity contribution in [1.29, 1.82) is 5.26 Å². The van der Waals surface area contributed by atoms with E-state index in [-0.39, 0.29) is 17.0 Å². The molecule has 3 heterocycles. The van der Waals surface area contributed by atoms with Gasteiger partial charge in [0.2, 0.25) is 0 Å². The lowest BCUT2D eigenvalue weighted by molar-refractivity contribution is -0.122. The van der Waals surface area contributed by atoms with Crippen LogP contribution in [0.4, 0.5) is 5.82 Å². The fourth-order valence-corrected chi connectivity index (χ4v) is 6.39. The Balaban J connectivity index is 1.77. The molecule has 0 aliphatic carbocycles. The number of nitriles is 1. The molecule has 37 heavy (non-hydrogen) atoms. The summed E-state index contributed by atoms with van der Waals surface area (Å²) in [7, 11) is 0. The number of unbranched alkanes of at least 4 members (excludes halogenated alkanes) is 1. The van der Waals surface area contributed by atoms with E-state index in [9.17, 15) is 14.9 Å². The second-order valence-corrected chi connectivity index (χ2v) is 11.6. The van der Waals surface area contributed by atoms with Crippen molar-refractivity contribution in [2.75, 3.05) is 24.5 Å². The molecule has 2 aliphatic heterocycles. The first kappa shape index (κ1) is 27.2. The van der Waals surface area contributed by atoms with Gasteiger partial charge in [-0.25, -0.2) is 0 Å². The van der Waals surface area contributed by atoms with Crippen LogP contribution < -0.4 is 10.5 Å². The fraction of sp³-hybridized carbons (Fsp3) is 0.448. The minimum absolute atomic E-state index is 0.117. The van der Waals surface area contributed by atoms with Gasteiger partial charge in [-0.1, -0.05) is 74.6 Å². The van der Waals surface area contributed by atoms with Crippen LogP contribution >= 0.6 is 24.0 Å². The normalized spacial score (nSPS) is 19.1. The van der Waals surface area contributed by atoms with Gasteiger partial charge < -0.3 is 4.90 Å². The first-order valence-corrected chi connectivity index (χ1v) is 14.3. The average molecular weight is 535 g/mol. The summed E-state index contributed by atoms with van der Waals surface area (Å²) in [6, 6.07) is 12.2. The van der Waals surface area contributed by atoms with Crippen molar-refractivity contribution in [1.82, 2.24) is 9.47 Å². The maximum Gasteiger partial charge on any atom is 0.270 e. The third kappa shape index (κ3) is 5.83. The van der Waals surface area contributed by atoms with E-state index in [1.54, 1.807) is 9.47 Å². The molecule has 4 rings (SSSR count). The summed E-state index contributed by atoms with van der Waals surface area (Å²) < 4.78 is 2.31. The largest absolute Gasteiger partial charge is 0.357 e. The van der Waals surface area contributed by atoms with Crippen LogP contribution in [0.5, 0.6) is 0 Å². The Morgan fingerprint density at radius 3 is 2.65 bits per heavy atom. The Kier molecular flexibility index (Phi) is 8.88. The maximum atomic E-state index is 13.5. The summed E-state index contributed by atoms with van der Waals surface area (Å²) in [5.74, 6) is 1.22. The molecular weight excluding hydrogens is 500 g/mol. The zero-order chi connectivity index (χ0) is 26.5. The second-order valence-electron chi connectivity index (χ2n) is 9.92. The fourth-order valence-electron chi connectivity index (χ4n) is 5.10. The number of hydrogen-bond acceptors (Lipinski definition) is 6. The molecule has 2 aliphatic rings. The van der Waals surface area contributed by atoms with Crippen LogP contribution in [0.2, 0.25) is 0 Å². The van der Waals surface area contributed by atoms with Gasteiger partial charge in [0.25, 0.3) is 11.5 Å². The van der Waals surface area contributed by atoms with E-state index in [0.29, 0.717) is 33.8 Å². The van der Waals surface area contributed by atoms with Gasteiger partial charge in [-0.15, -0.1) is 0 Å². The average Bonchev–Trinajstić information content (AvgIpc) is 3.16. The molecule has 2 fully saturated rings. The minimum atomic E-state index is -0.241. The first-order chi connectivity index (χ1) is 17.8. The van der Waals surface area contributed by atoms with Crippen LogP contribution in [-0.2, 0) is 17.8 Å². The number of rotatable bonds is 8. The van der Waals surface area contributed by atoms with Crippen molar-refractivity contribution in [3.8, 4) is 6.07 Å². The van der Waals surface area contributed by atoms with Crippen molar-refractivity contribution in [2.45, 2.75) is 59.4 Å². The van der Waals surface area contributed by atoms with Crippen molar-refractivity contribution in [2.24, 2.45) is 5.92 Å². The molecule has 0 N–H and O–H groups in total. The zero-order valence-corrected chi connectivity index (χ0v) is 23.5. The Bertz CT molecular complexity index is 1310. The predicted molar refractivity (Wildman–Crippen MR) is 156 cm³/mol. The van der Waals surface area contributed by atoms with E-state index < -0.39 is 0 Å². The van der Waals surface area contributed by atoms with Gasteiger partial charge in [-0.3, -0.25) is 19.1 Å². The maximum absolute atomic E-state index is 13.5. The van der Waals surface area contributed by atoms with Crippen LogP contribution in [-0.4, -0.2) is 39.3 Å². The highest BCUT2D eigenvalue weighted by atomic mass is 32.2. The highest BCUT2D eigenvalue weighted by Gasteiger charge is 2.33. The molecule has 8 heteroatoms. The molecule has 1 amide bonds. The van der Waals surface area contributed by atoms with Crippen LogP contribution in [0.3, 0.4) is 0 Å². The molecule has 2 saturated heterocycles. The van der Waals surface area contributed by atoms with Crippen molar-refractivity contribution in [3.63, 3.8) is 0 Å². The van der Waals surface area contributed by atoms with Crippen LogP contribution in [0, 0.1) is 24.2 Å². The van der Waals surface area contributed by atoms with Crippen molar-refractivity contribution in [3.05, 3.63) is 67.8 Å². The Labute approximate surface area is 229 Å². The number of piperidine rings is 1. The molecule has 1 atom stereocenters. The molecule has 0 saturated carbocycles. The third-order valence-corrected chi connectivity index (χ3v) is 8.53. The molecule has 1 unspecified atom stereocenters. The number of thioether (sulfide) groups is 1. The van der Waals surface area contributed by atoms with Gasteiger partial charge in [0.15, 0.2) is 0 Å². The molecule has 194 valence electrons. The summed E-state index contributed by atoms with van der Waals surface area (Å²) in [5.41, 5.74) is 2.47. The molecule has 2 aromatic rings. The zero-order valence-electron chi connectivity index (χ0n) is 21.8. The summed E-state index contributed by atoms with van der Waals surface area (Å²) in [4.78, 5) is 31.4. The predicted octanol–water partition coefficient (Wildman–Crippen LogP) is 5.51. The van der Waals surface area contributed by atoms with Crippen molar-refractivity contribution >= 4 is 46.1 Å². The van der Waals surface area contributed by atoms with E-state index in [4.69, 9.17) is 12.2 Å². The van der Waals surface area contributed by atoms with E-state index in [2.05, 4.69) is 24.8 Å². The number of pyridine rings is 1. The Morgan fingerprint density at radius 1 is 1.22 bits per heavy atom. The van der Waals surface area contributed by atoms with Crippen LogP contribution in [0.25, 0.3) is 6.08 Å². The van der Waals surface area contributed by atoms with Gasteiger partial charge in [0.05, 0.1) is 4.91 Å². The van der Waals surface area contributed by atoms with Gasteiger partial charge in [-0.05, 0) is 55.7 Å². The molecule has 1 aromatic heterocycles. The van der Waals surface area contributed by atoms with E-state index in [1.807, 2.05) is 43.3 Å². The molecule has 0 radical (unpaired) electrons. The van der Waals surface area contributed by atoms with Gasteiger partial charge in [-0.2, -0.15) is 5.26 Å². The second kappa shape index (κ2) is 12.1. The highest BCUT2D eigenvalue weighted by Crippen LogP contribution is 2.37. The topological polar surface area (TPSA) is 69.3 Å². The number of carbonyl (C=O) groups is 1. The summed E-state index contributed by atoms with van der Waals surface area (Å²) in [6.45, 7) is 8.90. The monoisotopic (exact) mass is 534 g/mol. The lowest BCUT2D eigenvalue weighted by Crippen LogP contribution is -2.40. The minimum Gasteiger partial charge on any atom is -0.357 e. The third-order valence-electron chi connectivity index (χ3n) is 7.15. The standard InChI is InChI=1S/C29H34N4O2S2/c1-4-5-15-32-26(31-14-9-10-20(2)19-31)23(21(3)24(18-30)27(32)34)17-25-28(35)33(29(36)37-25)16-13-22-11-7-6-8-12-22/h6-8,11-12,17,20H,4-5,9-10,13-16,19H2,1-3H3. The number of amides is 1. The van der Waals surface area contributed by atoms with Crippen molar-refractivity contribution < 1.29 is 4.79 Å². The number of nitrogens with zero attached hydrogens (tertiary/aromatic N) is 4. The number of anilines is 1. The smallest absolute Gasteiger partial charge is 0.270 e. The van der Waals surface area contributed by atoms with Crippen LogP contribution in [0.15, 0.2) is 40.0 Å². The number of hydrogen-bond donors (Lipinski definition) is 0. The Morgan fingerprint density at radius 2 is 1.97 bits per heavy atom. The summed E-state index contributed by atoms with van der Waals surface area (Å²) in [5, 5.41) is 9.89. The number of thiocarbonyl (C=S) groups is 1. The lowest BCUT2D eigenvalue weighted by atomic mass is 9.98. The highest BCUT2D eigenvalue weighted by molar-refractivity contribution is 8.26. The quantitative estimate of drug-likeness (QED) is 0.329. The first-order valence-electron chi connectivity index (χ1n) is 13.1. The summed E-state index contributed by atoms with van der Waals surface area (Å²) >= 11 is 6.89. The Hall–Kier alpha value is -2.89. The SMILES string of the molecule is CCCCn1c(N2CCCC(C)C2)c(C=C2SC(=S)N(CCc3ccccc3)C2=O)c(C)c(C#N)c1=O. The van der Waals surface area contributed by atoms with Gasteiger partial charge in [0.1, 0.15) is 21.8 Å². The molecule has 0 spiro atoms. The lowest BCUT2D eigenvalue weighted by Gasteiger charge is -2.36.